The number of rotatable bonds is 3. The second kappa shape index (κ2) is 6.46. The summed E-state index contributed by atoms with van der Waals surface area (Å²) < 4.78 is 5.06. The third-order valence-corrected chi connectivity index (χ3v) is 3.01. The maximum Gasteiger partial charge on any atom is 0.407 e. The van der Waals surface area contributed by atoms with Crippen molar-refractivity contribution >= 4 is 29.3 Å². The minimum absolute atomic E-state index is 0.00498. The molecule has 1 rings (SSSR count). The first-order valence-electron chi connectivity index (χ1n) is 5.79. The Balaban J connectivity index is 2.59. The van der Waals surface area contributed by atoms with E-state index in [-0.39, 0.29) is 11.6 Å². The Morgan fingerprint density at radius 3 is 2.63 bits per heavy atom. The Morgan fingerprint density at radius 2 is 2.05 bits per heavy atom. The minimum atomic E-state index is -0.946. The van der Waals surface area contributed by atoms with E-state index in [2.05, 4.69) is 5.32 Å². The van der Waals surface area contributed by atoms with Gasteiger partial charge in [0, 0.05) is 5.56 Å². The molecule has 4 nitrogen and oxygen atoms in total. The lowest BCUT2D eigenvalue weighted by atomic mass is 10.1. The minimum Gasteiger partial charge on any atom is -0.444 e. The van der Waals surface area contributed by atoms with Crippen molar-refractivity contribution in [3.8, 4) is 0 Å². The van der Waals surface area contributed by atoms with E-state index < -0.39 is 17.8 Å². The molecule has 1 amide bonds. The van der Waals surface area contributed by atoms with Crippen LogP contribution in [0.5, 0.6) is 0 Å². The maximum atomic E-state index is 11.4. The van der Waals surface area contributed by atoms with Crippen molar-refractivity contribution in [2.75, 3.05) is 6.54 Å². The van der Waals surface area contributed by atoms with Gasteiger partial charge in [-0.05, 0) is 26.8 Å². The Labute approximate surface area is 122 Å². The van der Waals surface area contributed by atoms with Gasteiger partial charge >= 0.3 is 6.09 Å². The molecule has 0 saturated carbocycles. The van der Waals surface area contributed by atoms with Crippen LogP contribution in [0.15, 0.2) is 18.2 Å². The molecule has 0 saturated heterocycles. The van der Waals surface area contributed by atoms with Crippen LogP contribution < -0.4 is 5.32 Å². The highest BCUT2D eigenvalue weighted by atomic mass is 35.5. The van der Waals surface area contributed by atoms with Crippen LogP contribution >= 0.6 is 23.2 Å². The molecule has 6 heteroatoms. The van der Waals surface area contributed by atoms with Crippen LogP contribution in [0.2, 0.25) is 10.0 Å². The summed E-state index contributed by atoms with van der Waals surface area (Å²) in [6, 6.07) is 4.96. The molecule has 106 valence electrons. The normalized spacial score (nSPS) is 12.9. The smallest absolute Gasteiger partial charge is 0.407 e. The van der Waals surface area contributed by atoms with E-state index in [9.17, 15) is 9.90 Å². The largest absolute Gasteiger partial charge is 0.444 e. The summed E-state index contributed by atoms with van der Waals surface area (Å²) in [4.78, 5) is 11.4. The van der Waals surface area contributed by atoms with E-state index in [1.54, 1.807) is 39.0 Å². The zero-order chi connectivity index (χ0) is 14.6. The van der Waals surface area contributed by atoms with Gasteiger partial charge in [0.15, 0.2) is 0 Å². The lowest BCUT2D eigenvalue weighted by molar-refractivity contribution is 0.0492. The lowest BCUT2D eigenvalue weighted by Gasteiger charge is -2.21. The number of aliphatic hydroxyl groups is 1. The van der Waals surface area contributed by atoms with Crippen molar-refractivity contribution in [2.45, 2.75) is 32.5 Å². The van der Waals surface area contributed by atoms with Gasteiger partial charge in [-0.15, -0.1) is 0 Å². The van der Waals surface area contributed by atoms with Crippen LogP contribution in [0.4, 0.5) is 4.79 Å². The van der Waals surface area contributed by atoms with E-state index in [1.165, 1.54) is 0 Å². The Hall–Kier alpha value is -0.970. The van der Waals surface area contributed by atoms with Crippen molar-refractivity contribution in [1.82, 2.24) is 5.32 Å². The molecule has 1 atom stereocenters. The summed E-state index contributed by atoms with van der Waals surface area (Å²) in [6.07, 6.45) is -1.54. The third-order valence-electron chi connectivity index (χ3n) is 2.18. The first-order valence-corrected chi connectivity index (χ1v) is 6.55. The quantitative estimate of drug-likeness (QED) is 0.898. The molecule has 0 aliphatic carbocycles. The number of ether oxygens (including phenoxy) is 1. The fourth-order valence-electron chi connectivity index (χ4n) is 1.38. The number of aliphatic hydroxyl groups excluding tert-OH is 1. The number of alkyl carbamates (subject to hydrolysis) is 1. The van der Waals surface area contributed by atoms with Gasteiger partial charge in [0.25, 0.3) is 0 Å². The molecule has 19 heavy (non-hydrogen) atoms. The summed E-state index contributed by atoms with van der Waals surface area (Å²) in [5.74, 6) is 0. The number of halogens is 2. The summed E-state index contributed by atoms with van der Waals surface area (Å²) in [6.45, 7) is 5.28. The van der Waals surface area contributed by atoms with Gasteiger partial charge in [-0.25, -0.2) is 4.79 Å². The third kappa shape index (κ3) is 5.27. The van der Waals surface area contributed by atoms with Crippen molar-refractivity contribution in [3.63, 3.8) is 0 Å². The molecule has 0 aromatic heterocycles. The maximum absolute atomic E-state index is 11.4. The number of benzene rings is 1. The highest BCUT2D eigenvalue weighted by molar-refractivity contribution is 6.42. The van der Waals surface area contributed by atoms with Crippen LogP contribution in [0, 0.1) is 0 Å². The molecule has 0 heterocycles. The summed E-state index contributed by atoms with van der Waals surface area (Å²) in [5, 5.41) is 13.1. The van der Waals surface area contributed by atoms with Gasteiger partial charge < -0.3 is 15.2 Å². The fraction of sp³-hybridized carbons (Fsp3) is 0.462. The zero-order valence-electron chi connectivity index (χ0n) is 11.0. The van der Waals surface area contributed by atoms with E-state index in [1.807, 2.05) is 0 Å². The number of carbonyl (C=O) groups is 1. The molecule has 1 aromatic carbocycles. The molecule has 1 aromatic rings. The van der Waals surface area contributed by atoms with E-state index in [0.29, 0.717) is 10.6 Å². The fourth-order valence-corrected chi connectivity index (χ4v) is 1.82. The van der Waals surface area contributed by atoms with E-state index in [0.717, 1.165) is 0 Å². The van der Waals surface area contributed by atoms with Crippen molar-refractivity contribution in [2.24, 2.45) is 0 Å². The van der Waals surface area contributed by atoms with Gasteiger partial charge in [0.05, 0.1) is 22.7 Å². The molecule has 0 bridgehead atoms. The number of hydrogen-bond acceptors (Lipinski definition) is 3. The number of hydrogen-bond donors (Lipinski definition) is 2. The van der Waals surface area contributed by atoms with Gasteiger partial charge in [-0.1, -0.05) is 35.3 Å². The topological polar surface area (TPSA) is 58.6 Å². The molecule has 0 aliphatic heterocycles. The summed E-state index contributed by atoms with van der Waals surface area (Å²) in [7, 11) is 0. The highest BCUT2D eigenvalue weighted by Crippen LogP contribution is 2.29. The number of amides is 1. The molecule has 0 radical (unpaired) electrons. The monoisotopic (exact) mass is 305 g/mol. The molecule has 2 N–H and O–H groups in total. The van der Waals surface area contributed by atoms with Crippen LogP contribution in [-0.2, 0) is 4.74 Å². The van der Waals surface area contributed by atoms with Crippen LogP contribution in [0.25, 0.3) is 0 Å². The van der Waals surface area contributed by atoms with Crippen LogP contribution in [0.3, 0.4) is 0 Å². The van der Waals surface area contributed by atoms with Crippen molar-refractivity contribution < 1.29 is 14.6 Å². The van der Waals surface area contributed by atoms with Crippen molar-refractivity contribution in [1.29, 1.82) is 0 Å². The van der Waals surface area contributed by atoms with Crippen LogP contribution in [0.1, 0.15) is 32.4 Å². The second-order valence-corrected chi connectivity index (χ2v) is 5.83. The second-order valence-electron chi connectivity index (χ2n) is 5.04. The lowest BCUT2D eigenvalue weighted by Crippen LogP contribution is -2.34. The van der Waals surface area contributed by atoms with Gasteiger partial charge in [0.1, 0.15) is 5.60 Å². The van der Waals surface area contributed by atoms with Crippen LogP contribution in [-0.4, -0.2) is 23.3 Å². The molecular weight excluding hydrogens is 289 g/mol. The SMILES string of the molecule is CC(C)(C)OC(=O)NCC(O)c1cccc(Cl)c1Cl. The highest BCUT2D eigenvalue weighted by Gasteiger charge is 2.18. The number of carbonyl (C=O) groups excluding carboxylic acids is 1. The van der Waals surface area contributed by atoms with Crippen molar-refractivity contribution in [3.05, 3.63) is 33.8 Å². The molecule has 0 fully saturated rings. The average molecular weight is 306 g/mol. The molecule has 0 aliphatic rings. The summed E-state index contributed by atoms with van der Waals surface area (Å²) in [5.41, 5.74) is -0.117. The first kappa shape index (κ1) is 16.1. The van der Waals surface area contributed by atoms with E-state index >= 15 is 0 Å². The molecule has 1 unspecified atom stereocenters. The first-order chi connectivity index (χ1) is 8.70. The summed E-state index contributed by atoms with van der Waals surface area (Å²) >= 11 is 11.8. The predicted molar refractivity (Wildman–Crippen MR) is 75.7 cm³/mol. The Kier molecular flexibility index (Phi) is 5.47. The average Bonchev–Trinajstić information content (AvgIpc) is 2.27. The van der Waals surface area contributed by atoms with E-state index in [4.69, 9.17) is 27.9 Å². The molecule has 0 spiro atoms. The van der Waals surface area contributed by atoms with Gasteiger partial charge in [-0.2, -0.15) is 0 Å². The van der Waals surface area contributed by atoms with Gasteiger partial charge in [-0.3, -0.25) is 0 Å². The predicted octanol–water partition coefficient (Wildman–Crippen LogP) is 3.55. The zero-order valence-corrected chi connectivity index (χ0v) is 12.5. The number of nitrogens with one attached hydrogen (secondary N) is 1. The molecular formula is C13H17Cl2NO3. The standard InChI is InChI=1S/C13H17Cl2NO3/c1-13(2,3)19-12(18)16-7-10(17)8-5-4-6-9(14)11(8)15/h4-6,10,17H,7H2,1-3H3,(H,16,18). The van der Waals surface area contributed by atoms with Gasteiger partial charge in [0.2, 0.25) is 0 Å². The Morgan fingerprint density at radius 1 is 1.42 bits per heavy atom. The Bertz CT molecular complexity index is 458.